The zero-order valence-electron chi connectivity index (χ0n) is 9.32. The molecule has 1 atom stereocenters. The minimum Gasteiger partial charge on any atom is -0.491 e. The SMILES string of the molecule is CNCCC(=O)NC1COc2ccccc21. The van der Waals surface area contributed by atoms with Gasteiger partial charge in [-0.3, -0.25) is 4.79 Å². The van der Waals surface area contributed by atoms with Gasteiger partial charge in [-0.05, 0) is 13.1 Å². The maximum Gasteiger partial charge on any atom is 0.221 e. The lowest BCUT2D eigenvalue weighted by Crippen LogP contribution is -2.31. The van der Waals surface area contributed by atoms with Crippen LogP contribution in [0.4, 0.5) is 0 Å². The van der Waals surface area contributed by atoms with Crippen molar-refractivity contribution in [2.75, 3.05) is 20.2 Å². The van der Waals surface area contributed by atoms with Crippen LogP contribution in [0.3, 0.4) is 0 Å². The Hall–Kier alpha value is -1.55. The van der Waals surface area contributed by atoms with E-state index in [9.17, 15) is 4.79 Å². The highest BCUT2D eigenvalue weighted by Crippen LogP contribution is 2.31. The van der Waals surface area contributed by atoms with Crippen LogP contribution in [0.15, 0.2) is 24.3 Å². The van der Waals surface area contributed by atoms with Gasteiger partial charge in [-0.25, -0.2) is 0 Å². The average molecular weight is 220 g/mol. The zero-order chi connectivity index (χ0) is 11.4. The van der Waals surface area contributed by atoms with Crippen LogP contribution in [0.2, 0.25) is 0 Å². The summed E-state index contributed by atoms with van der Waals surface area (Å²) < 4.78 is 5.49. The third-order valence-corrected chi connectivity index (χ3v) is 2.64. The van der Waals surface area contributed by atoms with Crippen molar-refractivity contribution < 1.29 is 9.53 Å². The minimum absolute atomic E-state index is 0.000515. The summed E-state index contributed by atoms with van der Waals surface area (Å²) in [6.07, 6.45) is 0.495. The van der Waals surface area contributed by atoms with Crippen molar-refractivity contribution in [1.29, 1.82) is 0 Å². The average Bonchev–Trinajstić information content (AvgIpc) is 2.70. The van der Waals surface area contributed by atoms with E-state index in [0.717, 1.165) is 11.3 Å². The highest BCUT2D eigenvalue weighted by atomic mass is 16.5. The molecular weight excluding hydrogens is 204 g/mol. The smallest absolute Gasteiger partial charge is 0.221 e. The first-order valence-electron chi connectivity index (χ1n) is 5.47. The molecule has 2 rings (SSSR count). The molecule has 1 amide bonds. The van der Waals surface area contributed by atoms with Crippen LogP contribution in [-0.2, 0) is 4.79 Å². The summed E-state index contributed by atoms with van der Waals surface area (Å²) in [5, 5.41) is 5.92. The van der Waals surface area contributed by atoms with Crippen molar-refractivity contribution in [1.82, 2.24) is 10.6 Å². The van der Waals surface area contributed by atoms with Gasteiger partial charge in [0.15, 0.2) is 0 Å². The van der Waals surface area contributed by atoms with E-state index in [0.29, 0.717) is 19.6 Å². The first-order valence-corrected chi connectivity index (χ1v) is 5.47. The van der Waals surface area contributed by atoms with Gasteiger partial charge in [0.25, 0.3) is 0 Å². The van der Waals surface area contributed by atoms with Gasteiger partial charge < -0.3 is 15.4 Å². The number of hydrogen-bond donors (Lipinski definition) is 2. The van der Waals surface area contributed by atoms with Gasteiger partial charge in [-0.2, -0.15) is 0 Å². The van der Waals surface area contributed by atoms with Crippen LogP contribution in [0.1, 0.15) is 18.0 Å². The molecule has 86 valence electrons. The van der Waals surface area contributed by atoms with E-state index in [-0.39, 0.29) is 11.9 Å². The fourth-order valence-corrected chi connectivity index (χ4v) is 1.79. The second-order valence-electron chi connectivity index (χ2n) is 3.82. The van der Waals surface area contributed by atoms with Crippen LogP contribution in [0, 0.1) is 0 Å². The highest BCUT2D eigenvalue weighted by molar-refractivity contribution is 5.76. The third kappa shape index (κ3) is 2.33. The minimum atomic E-state index is 0.000515. The molecule has 2 N–H and O–H groups in total. The van der Waals surface area contributed by atoms with E-state index in [4.69, 9.17) is 4.74 Å². The Morgan fingerprint density at radius 3 is 3.12 bits per heavy atom. The van der Waals surface area contributed by atoms with E-state index in [1.807, 2.05) is 31.3 Å². The molecule has 0 fully saturated rings. The zero-order valence-corrected chi connectivity index (χ0v) is 9.32. The van der Waals surface area contributed by atoms with Crippen molar-refractivity contribution >= 4 is 5.91 Å². The predicted octanol–water partition coefficient (Wildman–Crippen LogP) is 0.846. The van der Waals surface area contributed by atoms with Crippen LogP contribution in [-0.4, -0.2) is 26.1 Å². The van der Waals surface area contributed by atoms with Crippen LogP contribution in [0.25, 0.3) is 0 Å². The number of rotatable bonds is 4. The number of carbonyl (C=O) groups is 1. The Labute approximate surface area is 95.0 Å². The Balaban J connectivity index is 1.95. The molecule has 0 saturated heterocycles. The lowest BCUT2D eigenvalue weighted by atomic mass is 10.1. The summed E-state index contributed by atoms with van der Waals surface area (Å²) in [6, 6.07) is 7.81. The van der Waals surface area contributed by atoms with Gasteiger partial charge in [0.1, 0.15) is 12.4 Å². The number of carbonyl (C=O) groups excluding carboxylic acids is 1. The van der Waals surface area contributed by atoms with E-state index in [1.165, 1.54) is 0 Å². The molecule has 0 spiro atoms. The molecule has 0 aromatic heterocycles. The first kappa shape index (κ1) is 11.0. The monoisotopic (exact) mass is 220 g/mol. The molecule has 0 saturated carbocycles. The number of para-hydroxylation sites is 1. The molecular formula is C12H16N2O2. The molecule has 0 aliphatic carbocycles. The van der Waals surface area contributed by atoms with E-state index < -0.39 is 0 Å². The number of hydrogen-bond acceptors (Lipinski definition) is 3. The summed E-state index contributed by atoms with van der Waals surface area (Å²) >= 11 is 0. The second kappa shape index (κ2) is 4.99. The van der Waals surface area contributed by atoms with Crippen LogP contribution in [0.5, 0.6) is 5.75 Å². The Bertz CT molecular complexity index is 379. The maximum atomic E-state index is 11.6. The number of ether oxygens (including phenoxy) is 1. The van der Waals surface area contributed by atoms with Gasteiger partial charge in [-0.15, -0.1) is 0 Å². The van der Waals surface area contributed by atoms with E-state index in [1.54, 1.807) is 0 Å². The van der Waals surface area contributed by atoms with E-state index >= 15 is 0 Å². The normalized spacial score (nSPS) is 17.7. The van der Waals surface area contributed by atoms with Crippen molar-refractivity contribution in [3.63, 3.8) is 0 Å². The fraction of sp³-hybridized carbons (Fsp3) is 0.417. The standard InChI is InChI=1S/C12H16N2O2/c1-13-7-6-12(15)14-10-8-16-11-5-3-2-4-9(10)11/h2-5,10,13H,6-8H2,1H3,(H,14,15). The van der Waals surface area contributed by atoms with Gasteiger partial charge in [0.2, 0.25) is 5.91 Å². The summed E-state index contributed by atoms with van der Waals surface area (Å²) in [6.45, 7) is 1.23. The van der Waals surface area contributed by atoms with Gasteiger partial charge >= 0.3 is 0 Å². The molecule has 0 radical (unpaired) electrons. The van der Waals surface area contributed by atoms with Crippen LogP contribution < -0.4 is 15.4 Å². The molecule has 1 heterocycles. The number of benzene rings is 1. The Morgan fingerprint density at radius 1 is 1.50 bits per heavy atom. The Morgan fingerprint density at radius 2 is 2.31 bits per heavy atom. The quantitative estimate of drug-likeness (QED) is 0.790. The molecule has 1 aliphatic rings. The lowest BCUT2D eigenvalue weighted by molar-refractivity contribution is -0.121. The largest absolute Gasteiger partial charge is 0.491 e. The lowest BCUT2D eigenvalue weighted by Gasteiger charge is -2.11. The topological polar surface area (TPSA) is 50.4 Å². The van der Waals surface area contributed by atoms with Gasteiger partial charge in [0, 0.05) is 18.5 Å². The summed E-state index contributed by atoms with van der Waals surface area (Å²) in [5.41, 5.74) is 1.07. The second-order valence-corrected chi connectivity index (χ2v) is 3.82. The van der Waals surface area contributed by atoms with Gasteiger partial charge in [-0.1, -0.05) is 18.2 Å². The molecule has 4 heteroatoms. The highest BCUT2D eigenvalue weighted by Gasteiger charge is 2.24. The molecule has 0 bridgehead atoms. The van der Waals surface area contributed by atoms with Gasteiger partial charge in [0.05, 0.1) is 6.04 Å². The molecule has 1 aromatic carbocycles. The molecule has 4 nitrogen and oxygen atoms in total. The summed E-state index contributed by atoms with van der Waals surface area (Å²) in [5.74, 6) is 0.932. The predicted molar refractivity (Wildman–Crippen MR) is 61.4 cm³/mol. The van der Waals surface area contributed by atoms with Crippen molar-refractivity contribution in [2.24, 2.45) is 0 Å². The van der Waals surface area contributed by atoms with Crippen molar-refractivity contribution in [3.05, 3.63) is 29.8 Å². The van der Waals surface area contributed by atoms with Crippen molar-refractivity contribution in [2.45, 2.75) is 12.5 Å². The number of nitrogens with one attached hydrogen (secondary N) is 2. The summed E-state index contributed by atoms with van der Waals surface area (Å²) in [7, 11) is 1.83. The first-order chi connectivity index (χ1) is 7.81. The molecule has 1 aromatic rings. The maximum absolute atomic E-state index is 11.6. The van der Waals surface area contributed by atoms with Crippen molar-refractivity contribution in [3.8, 4) is 5.75 Å². The molecule has 1 aliphatic heterocycles. The van der Waals surface area contributed by atoms with E-state index in [2.05, 4.69) is 10.6 Å². The molecule has 1 unspecified atom stereocenters. The number of fused-ring (bicyclic) bond motifs is 1. The third-order valence-electron chi connectivity index (χ3n) is 2.64. The fourth-order valence-electron chi connectivity index (χ4n) is 1.79. The summed E-state index contributed by atoms with van der Waals surface area (Å²) in [4.78, 5) is 11.6. The number of amides is 1. The van der Waals surface area contributed by atoms with Crippen LogP contribution >= 0.6 is 0 Å². The Kier molecular flexibility index (Phi) is 3.41. The molecule has 16 heavy (non-hydrogen) atoms.